The van der Waals surface area contributed by atoms with Crippen LogP contribution in [0.1, 0.15) is 46.5 Å². The van der Waals surface area contributed by atoms with Gasteiger partial charge in [-0.2, -0.15) is 0 Å². The van der Waals surface area contributed by atoms with E-state index in [-0.39, 0.29) is 12.3 Å². The minimum Gasteiger partial charge on any atom is -0.444 e. The Bertz CT molecular complexity index is 294. The molecule has 1 saturated heterocycles. The first kappa shape index (κ1) is 12.7. The van der Waals surface area contributed by atoms with Crippen LogP contribution in [0.2, 0.25) is 0 Å². The SMILES string of the molecule is CC(C)(C)OC(=O)N1CCC(C2CC2)CC1N. The van der Waals surface area contributed by atoms with Gasteiger partial charge in [0.1, 0.15) is 5.60 Å². The second kappa shape index (κ2) is 4.48. The van der Waals surface area contributed by atoms with E-state index in [1.165, 1.54) is 12.8 Å². The third-order valence-corrected chi connectivity index (χ3v) is 3.60. The number of ether oxygens (including phenoxy) is 1. The van der Waals surface area contributed by atoms with Gasteiger partial charge in [-0.15, -0.1) is 0 Å². The van der Waals surface area contributed by atoms with E-state index < -0.39 is 5.60 Å². The highest BCUT2D eigenvalue weighted by molar-refractivity contribution is 5.68. The summed E-state index contributed by atoms with van der Waals surface area (Å²) in [6, 6.07) is 0. The van der Waals surface area contributed by atoms with Crippen LogP contribution in [0.3, 0.4) is 0 Å². The average Bonchev–Trinajstić information content (AvgIpc) is 2.97. The smallest absolute Gasteiger partial charge is 0.411 e. The van der Waals surface area contributed by atoms with Gasteiger partial charge in [0.2, 0.25) is 0 Å². The second-order valence-corrected chi connectivity index (χ2v) is 6.36. The maximum absolute atomic E-state index is 11.9. The van der Waals surface area contributed by atoms with Crippen molar-refractivity contribution in [2.45, 2.75) is 58.2 Å². The maximum Gasteiger partial charge on any atom is 0.411 e. The molecule has 2 N–H and O–H groups in total. The Hall–Kier alpha value is -0.770. The Labute approximate surface area is 103 Å². The molecule has 2 rings (SSSR count). The van der Waals surface area contributed by atoms with Crippen molar-refractivity contribution in [3.8, 4) is 0 Å². The second-order valence-electron chi connectivity index (χ2n) is 6.36. The lowest BCUT2D eigenvalue weighted by Gasteiger charge is -2.38. The molecule has 1 saturated carbocycles. The normalized spacial score (nSPS) is 30.2. The Morgan fingerprint density at radius 3 is 2.35 bits per heavy atom. The molecule has 0 radical (unpaired) electrons. The Morgan fingerprint density at radius 2 is 1.88 bits per heavy atom. The monoisotopic (exact) mass is 240 g/mol. The number of rotatable bonds is 1. The zero-order valence-corrected chi connectivity index (χ0v) is 11.1. The number of nitrogens with zero attached hydrogens (tertiary/aromatic N) is 1. The quantitative estimate of drug-likeness (QED) is 0.765. The highest BCUT2D eigenvalue weighted by atomic mass is 16.6. The van der Waals surface area contributed by atoms with Gasteiger partial charge in [0.15, 0.2) is 0 Å². The number of carbonyl (C=O) groups excluding carboxylic acids is 1. The lowest BCUT2D eigenvalue weighted by atomic mass is 9.90. The molecule has 0 aromatic carbocycles. The van der Waals surface area contributed by atoms with E-state index in [0.29, 0.717) is 0 Å². The number of nitrogens with two attached hydrogens (primary N) is 1. The van der Waals surface area contributed by atoms with Crippen molar-refractivity contribution in [2.24, 2.45) is 17.6 Å². The average molecular weight is 240 g/mol. The number of carbonyl (C=O) groups is 1. The third kappa shape index (κ3) is 3.35. The summed E-state index contributed by atoms with van der Waals surface area (Å²) in [5.41, 5.74) is 5.64. The first-order valence-corrected chi connectivity index (χ1v) is 6.62. The molecule has 2 fully saturated rings. The van der Waals surface area contributed by atoms with Crippen molar-refractivity contribution in [1.29, 1.82) is 0 Å². The first-order chi connectivity index (χ1) is 7.87. The molecule has 17 heavy (non-hydrogen) atoms. The molecule has 0 aromatic heterocycles. The first-order valence-electron chi connectivity index (χ1n) is 6.62. The predicted molar refractivity (Wildman–Crippen MR) is 66.4 cm³/mol. The topological polar surface area (TPSA) is 55.6 Å². The number of hydrogen-bond donors (Lipinski definition) is 1. The van der Waals surface area contributed by atoms with Crippen LogP contribution in [0.4, 0.5) is 4.79 Å². The fourth-order valence-electron chi connectivity index (χ4n) is 2.57. The fraction of sp³-hybridized carbons (Fsp3) is 0.923. The Kier molecular flexibility index (Phi) is 3.34. The molecule has 2 unspecified atom stereocenters. The fourth-order valence-corrected chi connectivity index (χ4v) is 2.57. The summed E-state index contributed by atoms with van der Waals surface area (Å²) in [6.07, 6.45) is 4.29. The number of piperidine rings is 1. The summed E-state index contributed by atoms with van der Waals surface area (Å²) in [6.45, 7) is 6.39. The molecule has 4 heteroatoms. The van der Waals surface area contributed by atoms with Gasteiger partial charge in [-0.05, 0) is 58.3 Å². The molecule has 0 bridgehead atoms. The van der Waals surface area contributed by atoms with Crippen LogP contribution in [0, 0.1) is 11.8 Å². The van der Waals surface area contributed by atoms with Crippen LogP contribution in [0.25, 0.3) is 0 Å². The molecular weight excluding hydrogens is 216 g/mol. The van der Waals surface area contributed by atoms with Crippen molar-refractivity contribution >= 4 is 6.09 Å². The van der Waals surface area contributed by atoms with Crippen LogP contribution < -0.4 is 5.73 Å². The molecule has 1 heterocycles. The Balaban J connectivity index is 1.87. The zero-order chi connectivity index (χ0) is 12.6. The van der Waals surface area contributed by atoms with Crippen molar-refractivity contribution in [3.05, 3.63) is 0 Å². The molecule has 1 aliphatic carbocycles. The summed E-state index contributed by atoms with van der Waals surface area (Å²) >= 11 is 0. The largest absolute Gasteiger partial charge is 0.444 e. The predicted octanol–water partition coefficient (Wildman–Crippen LogP) is 2.33. The van der Waals surface area contributed by atoms with E-state index in [4.69, 9.17) is 10.5 Å². The number of amides is 1. The molecule has 2 atom stereocenters. The van der Waals surface area contributed by atoms with E-state index in [1.807, 2.05) is 20.8 Å². The van der Waals surface area contributed by atoms with Gasteiger partial charge in [-0.25, -0.2) is 4.79 Å². The van der Waals surface area contributed by atoms with Crippen LogP contribution >= 0.6 is 0 Å². The van der Waals surface area contributed by atoms with Gasteiger partial charge in [-0.1, -0.05) is 0 Å². The van der Waals surface area contributed by atoms with Gasteiger partial charge >= 0.3 is 6.09 Å². The van der Waals surface area contributed by atoms with Gasteiger partial charge in [0, 0.05) is 6.54 Å². The molecule has 1 aliphatic heterocycles. The van der Waals surface area contributed by atoms with E-state index in [0.717, 1.165) is 31.2 Å². The van der Waals surface area contributed by atoms with Gasteiger partial charge in [0.05, 0.1) is 6.17 Å². The van der Waals surface area contributed by atoms with Gasteiger partial charge < -0.3 is 10.5 Å². The highest BCUT2D eigenvalue weighted by Gasteiger charge is 2.38. The van der Waals surface area contributed by atoms with E-state index in [9.17, 15) is 4.79 Å². The molecule has 0 spiro atoms. The van der Waals surface area contributed by atoms with Crippen LogP contribution in [-0.4, -0.2) is 29.3 Å². The summed E-state index contributed by atoms with van der Waals surface area (Å²) < 4.78 is 5.37. The third-order valence-electron chi connectivity index (χ3n) is 3.60. The number of likely N-dealkylation sites (tertiary alicyclic amines) is 1. The standard InChI is InChI=1S/C13H24N2O2/c1-13(2,3)17-12(16)15-7-6-10(8-11(15)14)9-4-5-9/h9-11H,4-8,14H2,1-3H3. The van der Waals surface area contributed by atoms with Gasteiger partial charge in [0.25, 0.3) is 0 Å². The van der Waals surface area contributed by atoms with Crippen LogP contribution in [0.15, 0.2) is 0 Å². The van der Waals surface area contributed by atoms with E-state index in [2.05, 4.69) is 0 Å². The maximum atomic E-state index is 11.9. The van der Waals surface area contributed by atoms with Crippen molar-refractivity contribution < 1.29 is 9.53 Å². The molecule has 1 amide bonds. The van der Waals surface area contributed by atoms with E-state index in [1.54, 1.807) is 4.90 Å². The highest BCUT2D eigenvalue weighted by Crippen LogP contribution is 2.42. The zero-order valence-electron chi connectivity index (χ0n) is 11.1. The van der Waals surface area contributed by atoms with Crippen molar-refractivity contribution in [2.75, 3.05) is 6.54 Å². The summed E-state index contributed by atoms with van der Waals surface area (Å²) in [5.74, 6) is 1.60. The minimum atomic E-state index is -0.440. The Morgan fingerprint density at radius 1 is 1.24 bits per heavy atom. The van der Waals surface area contributed by atoms with Gasteiger partial charge in [-0.3, -0.25) is 4.90 Å². The molecule has 2 aliphatic rings. The summed E-state index contributed by atoms with van der Waals surface area (Å²) in [5, 5.41) is 0. The van der Waals surface area contributed by atoms with Crippen LogP contribution in [0.5, 0.6) is 0 Å². The molecule has 0 aromatic rings. The summed E-state index contributed by atoms with van der Waals surface area (Å²) in [4.78, 5) is 13.6. The molecule has 98 valence electrons. The van der Waals surface area contributed by atoms with Crippen molar-refractivity contribution in [3.63, 3.8) is 0 Å². The van der Waals surface area contributed by atoms with Crippen LogP contribution in [-0.2, 0) is 4.74 Å². The lowest BCUT2D eigenvalue weighted by molar-refractivity contribution is 0.00428. The lowest BCUT2D eigenvalue weighted by Crippen LogP contribution is -2.52. The number of hydrogen-bond acceptors (Lipinski definition) is 3. The van der Waals surface area contributed by atoms with Crippen molar-refractivity contribution in [1.82, 2.24) is 4.90 Å². The molecule has 4 nitrogen and oxygen atoms in total. The minimum absolute atomic E-state index is 0.163. The molecular formula is C13H24N2O2. The van der Waals surface area contributed by atoms with E-state index >= 15 is 0 Å². The summed E-state index contributed by atoms with van der Waals surface area (Å²) in [7, 11) is 0.